The van der Waals surface area contributed by atoms with E-state index in [2.05, 4.69) is 10.6 Å². The van der Waals surface area contributed by atoms with Crippen LogP contribution in [0, 0.1) is 5.92 Å². The number of nitrogens with one attached hydrogen (secondary N) is 2. The third kappa shape index (κ3) is 7.26. The molecule has 1 unspecified atom stereocenters. The van der Waals surface area contributed by atoms with Crippen molar-refractivity contribution in [3.63, 3.8) is 0 Å². The van der Waals surface area contributed by atoms with E-state index in [4.69, 9.17) is 27.9 Å². The molecule has 6 nitrogen and oxygen atoms in total. The lowest BCUT2D eigenvalue weighted by atomic mass is 10.0. The molecule has 200 valence electrons. The van der Waals surface area contributed by atoms with E-state index in [1.807, 2.05) is 0 Å². The Bertz CT molecular complexity index is 1320. The summed E-state index contributed by atoms with van der Waals surface area (Å²) >= 11 is 11.8. The quantitative estimate of drug-likeness (QED) is 0.297. The minimum absolute atomic E-state index is 0.132. The predicted octanol–water partition coefficient (Wildman–Crippen LogP) is 6.69. The molecular formula is C27H23Cl2F3N2O4. The monoisotopic (exact) mass is 566 g/mol. The fourth-order valence-corrected chi connectivity index (χ4v) is 3.90. The van der Waals surface area contributed by atoms with Gasteiger partial charge in [0.1, 0.15) is 6.04 Å². The highest BCUT2D eigenvalue weighted by Crippen LogP contribution is 2.37. The minimum Gasteiger partial charge on any atom is -0.446 e. The van der Waals surface area contributed by atoms with E-state index in [1.54, 1.807) is 44.2 Å². The summed E-state index contributed by atoms with van der Waals surface area (Å²) < 4.78 is 46.2. The summed E-state index contributed by atoms with van der Waals surface area (Å²) in [5.74, 6) is -3.10. The van der Waals surface area contributed by atoms with Crippen molar-refractivity contribution in [2.75, 3.05) is 5.32 Å². The molecule has 0 saturated carbocycles. The van der Waals surface area contributed by atoms with Gasteiger partial charge in [-0.1, -0.05) is 79.5 Å². The number of ether oxygens (including phenoxy) is 1. The fraction of sp³-hybridized carbons (Fsp3) is 0.222. The Kier molecular flexibility index (Phi) is 9.40. The zero-order chi connectivity index (χ0) is 28.0. The second-order valence-corrected chi connectivity index (χ2v) is 9.42. The van der Waals surface area contributed by atoms with Crippen LogP contribution in [0.3, 0.4) is 0 Å². The van der Waals surface area contributed by atoms with Crippen molar-refractivity contribution in [1.29, 1.82) is 0 Å². The van der Waals surface area contributed by atoms with Crippen LogP contribution in [0.15, 0.2) is 72.8 Å². The largest absolute Gasteiger partial charge is 0.446 e. The average Bonchev–Trinajstić information content (AvgIpc) is 2.86. The van der Waals surface area contributed by atoms with E-state index in [0.717, 1.165) is 6.07 Å². The number of alkyl halides is 3. The predicted molar refractivity (Wildman–Crippen MR) is 138 cm³/mol. The smallest absolute Gasteiger partial charge is 0.418 e. The maximum Gasteiger partial charge on any atom is 0.418 e. The Hall–Kier alpha value is -3.56. The van der Waals surface area contributed by atoms with Gasteiger partial charge in [-0.3, -0.25) is 9.59 Å². The van der Waals surface area contributed by atoms with Crippen molar-refractivity contribution in [3.05, 3.63) is 99.5 Å². The third-order valence-corrected chi connectivity index (χ3v) is 6.01. The van der Waals surface area contributed by atoms with Gasteiger partial charge in [-0.15, -0.1) is 0 Å². The van der Waals surface area contributed by atoms with Gasteiger partial charge in [0.2, 0.25) is 6.10 Å². The number of carbonyl (C=O) groups excluding carboxylic acids is 3. The summed E-state index contributed by atoms with van der Waals surface area (Å²) in [6.45, 7) is 3.31. The van der Waals surface area contributed by atoms with Gasteiger partial charge < -0.3 is 15.4 Å². The summed E-state index contributed by atoms with van der Waals surface area (Å²) in [5, 5.41) is 4.75. The second kappa shape index (κ2) is 12.3. The van der Waals surface area contributed by atoms with Gasteiger partial charge in [0.25, 0.3) is 11.8 Å². The van der Waals surface area contributed by atoms with Crippen LogP contribution in [-0.2, 0) is 20.5 Å². The number of rotatable bonds is 8. The summed E-state index contributed by atoms with van der Waals surface area (Å²) in [7, 11) is 0. The van der Waals surface area contributed by atoms with Crippen molar-refractivity contribution >= 4 is 46.7 Å². The summed E-state index contributed by atoms with van der Waals surface area (Å²) in [5.41, 5.74) is -1.38. The first kappa shape index (κ1) is 29.0. The van der Waals surface area contributed by atoms with Crippen molar-refractivity contribution in [2.45, 2.75) is 32.2 Å². The van der Waals surface area contributed by atoms with Gasteiger partial charge in [0, 0.05) is 10.6 Å². The summed E-state index contributed by atoms with van der Waals surface area (Å²) in [4.78, 5) is 39.2. The minimum atomic E-state index is -4.81. The highest BCUT2D eigenvalue weighted by atomic mass is 35.5. The molecular weight excluding hydrogens is 544 g/mol. The van der Waals surface area contributed by atoms with E-state index in [-0.39, 0.29) is 21.2 Å². The molecule has 0 aromatic heterocycles. The van der Waals surface area contributed by atoms with Crippen molar-refractivity contribution in [3.8, 4) is 0 Å². The van der Waals surface area contributed by atoms with E-state index in [1.165, 1.54) is 30.3 Å². The lowest BCUT2D eigenvalue weighted by Crippen LogP contribution is -2.46. The molecule has 0 heterocycles. The highest BCUT2D eigenvalue weighted by Gasteiger charge is 2.36. The van der Waals surface area contributed by atoms with Crippen molar-refractivity contribution in [1.82, 2.24) is 5.32 Å². The maximum absolute atomic E-state index is 13.6. The molecule has 38 heavy (non-hydrogen) atoms. The molecule has 11 heteroatoms. The number of anilines is 1. The number of hydrogen-bond donors (Lipinski definition) is 2. The Morgan fingerprint density at radius 3 is 2.13 bits per heavy atom. The van der Waals surface area contributed by atoms with Gasteiger partial charge in [-0.05, 0) is 36.2 Å². The molecule has 2 atom stereocenters. The molecule has 0 aliphatic carbocycles. The van der Waals surface area contributed by atoms with Gasteiger partial charge in [-0.25, -0.2) is 4.79 Å². The van der Waals surface area contributed by atoms with E-state index < -0.39 is 53.3 Å². The first-order valence-corrected chi connectivity index (χ1v) is 12.1. The molecule has 0 fully saturated rings. The number of hydrogen-bond acceptors (Lipinski definition) is 4. The third-order valence-electron chi connectivity index (χ3n) is 5.45. The topological polar surface area (TPSA) is 84.5 Å². The molecule has 0 spiro atoms. The fourth-order valence-electron chi connectivity index (χ4n) is 3.51. The van der Waals surface area contributed by atoms with Crippen LogP contribution in [0.2, 0.25) is 10.0 Å². The van der Waals surface area contributed by atoms with E-state index in [0.29, 0.717) is 6.07 Å². The van der Waals surface area contributed by atoms with Crippen LogP contribution < -0.4 is 10.6 Å². The number of amides is 2. The molecule has 0 aliphatic heterocycles. The maximum atomic E-state index is 13.6. The molecule has 3 aromatic carbocycles. The SMILES string of the molecule is CC(C)[C@H](NC(=O)c1ccccc1Cl)C(=O)OC(C(=O)Nc1ccc(Cl)cc1C(F)(F)F)c1ccccc1. The first-order valence-electron chi connectivity index (χ1n) is 11.4. The lowest BCUT2D eigenvalue weighted by molar-refractivity contribution is -0.157. The second-order valence-electron chi connectivity index (χ2n) is 8.58. The van der Waals surface area contributed by atoms with Crippen LogP contribution in [0.5, 0.6) is 0 Å². The molecule has 0 saturated heterocycles. The highest BCUT2D eigenvalue weighted by molar-refractivity contribution is 6.33. The normalized spacial score (nSPS) is 12.9. The number of benzene rings is 3. The lowest BCUT2D eigenvalue weighted by Gasteiger charge is -2.25. The Morgan fingerprint density at radius 2 is 1.53 bits per heavy atom. The molecule has 0 bridgehead atoms. The molecule has 0 aliphatic rings. The molecule has 3 aromatic rings. The Labute approximate surface area is 227 Å². The van der Waals surface area contributed by atoms with Crippen LogP contribution in [-0.4, -0.2) is 23.8 Å². The zero-order valence-corrected chi connectivity index (χ0v) is 21.7. The van der Waals surface area contributed by atoms with Gasteiger partial charge in [0.15, 0.2) is 0 Å². The van der Waals surface area contributed by atoms with Crippen molar-refractivity contribution < 1.29 is 32.3 Å². The molecule has 0 radical (unpaired) electrons. The number of carbonyl (C=O) groups is 3. The van der Waals surface area contributed by atoms with Gasteiger partial charge in [0.05, 0.1) is 21.8 Å². The summed E-state index contributed by atoms with van der Waals surface area (Å²) in [6, 6.07) is 15.7. The molecule has 2 N–H and O–H groups in total. The van der Waals surface area contributed by atoms with Crippen LogP contribution in [0.1, 0.15) is 41.4 Å². The van der Waals surface area contributed by atoms with E-state index >= 15 is 0 Å². The molecule has 2 amide bonds. The van der Waals surface area contributed by atoms with Crippen LogP contribution >= 0.6 is 23.2 Å². The van der Waals surface area contributed by atoms with E-state index in [9.17, 15) is 27.6 Å². The van der Waals surface area contributed by atoms with Crippen LogP contribution in [0.25, 0.3) is 0 Å². The Balaban J connectivity index is 1.89. The zero-order valence-electron chi connectivity index (χ0n) is 20.2. The standard InChI is InChI=1S/C27H23Cl2F3N2O4/c1-15(2)22(34-24(35)18-10-6-7-11-20(18)29)26(37)38-23(16-8-4-3-5-9-16)25(36)33-21-13-12-17(28)14-19(21)27(30,31)32/h3-15,22-23H,1-2H3,(H,33,36)(H,34,35)/t22-,23?/m0/s1. The first-order chi connectivity index (χ1) is 17.9. The Morgan fingerprint density at radius 1 is 0.895 bits per heavy atom. The number of halogens is 5. The van der Waals surface area contributed by atoms with Gasteiger partial charge >= 0.3 is 12.1 Å². The van der Waals surface area contributed by atoms with Crippen molar-refractivity contribution in [2.24, 2.45) is 5.92 Å². The summed E-state index contributed by atoms with van der Waals surface area (Å²) in [6.07, 6.45) is -6.43. The molecule has 3 rings (SSSR count). The number of esters is 1. The van der Waals surface area contributed by atoms with Gasteiger partial charge in [-0.2, -0.15) is 13.2 Å². The van der Waals surface area contributed by atoms with Crippen LogP contribution in [0.4, 0.5) is 18.9 Å². The average molecular weight is 567 g/mol.